The molecule has 0 aliphatic carbocycles. The number of carbonyl (C=O) groups is 1. The molecular formula is C29H38F3N5O2. The predicted octanol–water partition coefficient (Wildman–Crippen LogP) is 5.30. The Morgan fingerprint density at radius 1 is 1.15 bits per heavy atom. The van der Waals surface area contributed by atoms with E-state index in [-0.39, 0.29) is 43.4 Å². The Morgan fingerprint density at radius 3 is 2.51 bits per heavy atom. The van der Waals surface area contributed by atoms with Crippen molar-refractivity contribution in [2.45, 2.75) is 59.2 Å². The molecule has 0 radical (unpaired) electrons. The summed E-state index contributed by atoms with van der Waals surface area (Å²) in [4.78, 5) is 19.8. The van der Waals surface area contributed by atoms with Crippen LogP contribution in [-0.4, -0.2) is 58.0 Å². The van der Waals surface area contributed by atoms with E-state index in [1.807, 2.05) is 58.0 Å². The predicted molar refractivity (Wildman–Crippen MR) is 145 cm³/mol. The van der Waals surface area contributed by atoms with Crippen LogP contribution < -0.4 is 5.73 Å². The third kappa shape index (κ3) is 8.12. The fourth-order valence-electron chi connectivity index (χ4n) is 4.37. The van der Waals surface area contributed by atoms with E-state index >= 15 is 0 Å². The van der Waals surface area contributed by atoms with Gasteiger partial charge in [0.1, 0.15) is 24.9 Å². The molecule has 1 amide bonds. The zero-order valence-electron chi connectivity index (χ0n) is 23.0. The molecule has 0 bridgehead atoms. The number of alkyl halides is 1. The molecule has 0 aliphatic rings. The summed E-state index contributed by atoms with van der Waals surface area (Å²) in [6.07, 6.45) is 0.970. The third-order valence-corrected chi connectivity index (χ3v) is 6.25. The first-order chi connectivity index (χ1) is 18.5. The van der Waals surface area contributed by atoms with Gasteiger partial charge in [0.15, 0.2) is 11.6 Å². The van der Waals surface area contributed by atoms with Crippen molar-refractivity contribution < 1.29 is 22.7 Å². The maximum Gasteiger partial charge on any atom is 0.249 e. The van der Waals surface area contributed by atoms with E-state index in [0.29, 0.717) is 12.4 Å². The normalized spacial score (nSPS) is 13.3. The average molecular weight is 546 g/mol. The highest BCUT2D eigenvalue weighted by Crippen LogP contribution is 2.39. The number of aromatic nitrogens is 3. The number of amides is 1. The van der Waals surface area contributed by atoms with E-state index in [9.17, 15) is 18.0 Å². The molecule has 2 atom stereocenters. The molecule has 1 aromatic heterocycles. The molecular weight excluding hydrogens is 507 g/mol. The number of nitrogens with zero attached hydrogens (tertiary/aromatic N) is 4. The first kappa shape index (κ1) is 30.3. The summed E-state index contributed by atoms with van der Waals surface area (Å²) in [7, 11) is 0. The molecule has 212 valence electrons. The van der Waals surface area contributed by atoms with E-state index < -0.39 is 35.8 Å². The smallest absolute Gasteiger partial charge is 0.249 e. The molecule has 0 aliphatic heterocycles. The topological polar surface area (TPSA) is 86.3 Å². The summed E-state index contributed by atoms with van der Waals surface area (Å²) in [6, 6.07) is 11.2. The molecule has 3 aromatic rings. The number of hydrogen-bond donors (Lipinski definition) is 1. The van der Waals surface area contributed by atoms with Crippen molar-refractivity contribution in [3.8, 4) is 11.4 Å². The molecule has 0 unspecified atom stereocenters. The van der Waals surface area contributed by atoms with Crippen LogP contribution in [0.15, 0.2) is 48.5 Å². The van der Waals surface area contributed by atoms with Crippen LogP contribution >= 0.6 is 0 Å². The SMILES string of the molecule is CCCOCC(=O)N(CC[C@@H](N)CF)[C@@H](c1nc(-c2cc(F)ccc2F)nn1Cc1ccccc1)C(C)(C)C. The fraction of sp³-hybridized carbons (Fsp3) is 0.483. The van der Waals surface area contributed by atoms with Crippen LogP contribution in [-0.2, 0) is 16.1 Å². The van der Waals surface area contributed by atoms with Crippen LogP contribution in [0.4, 0.5) is 13.2 Å². The molecule has 3 rings (SSSR count). The third-order valence-electron chi connectivity index (χ3n) is 6.25. The Bertz CT molecular complexity index is 1210. The highest BCUT2D eigenvalue weighted by Gasteiger charge is 2.39. The van der Waals surface area contributed by atoms with Crippen LogP contribution in [0.5, 0.6) is 0 Å². The second kappa shape index (κ2) is 13.7. The van der Waals surface area contributed by atoms with Gasteiger partial charge >= 0.3 is 0 Å². The first-order valence-corrected chi connectivity index (χ1v) is 13.2. The first-order valence-electron chi connectivity index (χ1n) is 13.2. The molecule has 7 nitrogen and oxygen atoms in total. The van der Waals surface area contributed by atoms with Crippen molar-refractivity contribution in [2.75, 3.05) is 26.4 Å². The zero-order chi connectivity index (χ0) is 28.6. The number of carbonyl (C=O) groups excluding carboxylic acids is 1. The minimum atomic E-state index is -0.739. The molecule has 0 fully saturated rings. The van der Waals surface area contributed by atoms with E-state index in [1.54, 1.807) is 9.58 Å². The Morgan fingerprint density at radius 2 is 1.87 bits per heavy atom. The van der Waals surface area contributed by atoms with Crippen LogP contribution in [0.25, 0.3) is 11.4 Å². The van der Waals surface area contributed by atoms with E-state index in [0.717, 1.165) is 30.2 Å². The molecule has 0 saturated carbocycles. The number of rotatable bonds is 13. The van der Waals surface area contributed by atoms with Crippen molar-refractivity contribution in [1.29, 1.82) is 0 Å². The van der Waals surface area contributed by atoms with Crippen molar-refractivity contribution in [3.05, 3.63) is 71.6 Å². The zero-order valence-corrected chi connectivity index (χ0v) is 23.0. The quantitative estimate of drug-likeness (QED) is 0.295. The summed E-state index contributed by atoms with van der Waals surface area (Å²) >= 11 is 0. The molecule has 2 N–H and O–H groups in total. The number of benzene rings is 2. The van der Waals surface area contributed by atoms with Gasteiger partial charge in [-0.25, -0.2) is 22.8 Å². The Kier molecular flexibility index (Phi) is 10.7. The van der Waals surface area contributed by atoms with Crippen molar-refractivity contribution in [3.63, 3.8) is 0 Å². The second-order valence-electron chi connectivity index (χ2n) is 10.7. The summed E-state index contributed by atoms with van der Waals surface area (Å²) < 4.78 is 49.3. The molecule has 0 spiro atoms. The van der Waals surface area contributed by atoms with Crippen LogP contribution in [0.1, 0.15) is 58.0 Å². The van der Waals surface area contributed by atoms with Gasteiger partial charge in [-0.15, -0.1) is 0 Å². The minimum Gasteiger partial charge on any atom is -0.372 e. The van der Waals surface area contributed by atoms with Gasteiger partial charge in [0, 0.05) is 19.2 Å². The lowest BCUT2D eigenvalue weighted by Crippen LogP contribution is -2.46. The van der Waals surface area contributed by atoms with Gasteiger partial charge in [-0.2, -0.15) is 5.10 Å². The van der Waals surface area contributed by atoms with Crippen molar-refractivity contribution in [1.82, 2.24) is 19.7 Å². The number of ether oxygens (including phenoxy) is 1. The summed E-state index contributed by atoms with van der Waals surface area (Å²) in [5, 5.41) is 4.59. The highest BCUT2D eigenvalue weighted by atomic mass is 19.1. The molecule has 0 saturated heterocycles. The number of halogens is 3. The maximum absolute atomic E-state index is 14.8. The fourth-order valence-corrected chi connectivity index (χ4v) is 4.37. The summed E-state index contributed by atoms with van der Waals surface area (Å²) in [6.45, 7) is 7.76. The lowest BCUT2D eigenvalue weighted by Gasteiger charge is -2.40. The van der Waals surface area contributed by atoms with Gasteiger partial charge < -0.3 is 15.4 Å². The number of hydrogen-bond acceptors (Lipinski definition) is 5. The van der Waals surface area contributed by atoms with E-state index in [1.165, 1.54) is 0 Å². The average Bonchev–Trinajstić information content (AvgIpc) is 3.29. The second-order valence-corrected chi connectivity index (χ2v) is 10.7. The van der Waals surface area contributed by atoms with Crippen LogP contribution in [0, 0.1) is 17.0 Å². The largest absolute Gasteiger partial charge is 0.372 e. The number of nitrogens with two attached hydrogens (primary N) is 1. The van der Waals surface area contributed by atoms with Crippen LogP contribution in [0.2, 0.25) is 0 Å². The lowest BCUT2D eigenvalue weighted by atomic mass is 9.84. The van der Waals surface area contributed by atoms with Gasteiger partial charge in [0.25, 0.3) is 0 Å². The lowest BCUT2D eigenvalue weighted by molar-refractivity contribution is -0.141. The molecule has 39 heavy (non-hydrogen) atoms. The Labute approximate surface area is 228 Å². The van der Waals surface area contributed by atoms with Gasteiger partial charge in [-0.1, -0.05) is 58.0 Å². The minimum absolute atomic E-state index is 0.00210. The maximum atomic E-state index is 14.8. The Hall–Kier alpha value is -3.24. The van der Waals surface area contributed by atoms with Crippen LogP contribution in [0.3, 0.4) is 0 Å². The Balaban J connectivity index is 2.16. The van der Waals surface area contributed by atoms with Crippen molar-refractivity contribution >= 4 is 5.91 Å². The van der Waals surface area contributed by atoms with Gasteiger partial charge in [0.2, 0.25) is 5.91 Å². The summed E-state index contributed by atoms with van der Waals surface area (Å²) in [5.74, 6) is -1.20. The highest BCUT2D eigenvalue weighted by molar-refractivity contribution is 5.78. The van der Waals surface area contributed by atoms with Gasteiger partial charge in [0.05, 0.1) is 18.2 Å². The van der Waals surface area contributed by atoms with E-state index in [2.05, 4.69) is 5.10 Å². The van der Waals surface area contributed by atoms with Crippen molar-refractivity contribution in [2.24, 2.45) is 11.1 Å². The molecule has 1 heterocycles. The monoisotopic (exact) mass is 545 g/mol. The molecule has 2 aromatic carbocycles. The van der Waals surface area contributed by atoms with E-state index in [4.69, 9.17) is 15.5 Å². The summed E-state index contributed by atoms with van der Waals surface area (Å²) in [5.41, 5.74) is 6.12. The standard InChI is InChI=1S/C29H38F3N5O2/c1-5-15-39-19-25(38)36(14-13-22(33)17-30)26(29(2,3)4)28-34-27(23-16-21(31)11-12-24(23)32)35-37(28)18-20-9-7-6-8-10-20/h6-12,16,22,26H,5,13-15,17-19,33H2,1-4H3/t22-,26+/m1/s1. The van der Waals surface area contributed by atoms with Gasteiger partial charge in [-0.3, -0.25) is 4.79 Å². The van der Waals surface area contributed by atoms with Gasteiger partial charge in [-0.05, 0) is 42.0 Å². The molecule has 10 heteroatoms.